The Kier molecular flexibility index (Phi) is 5.79. The van der Waals surface area contributed by atoms with Crippen molar-refractivity contribution in [3.8, 4) is 0 Å². The van der Waals surface area contributed by atoms with Crippen LogP contribution in [0.15, 0.2) is 48.5 Å². The lowest BCUT2D eigenvalue weighted by Crippen LogP contribution is -2.39. The van der Waals surface area contributed by atoms with E-state index in [1.807, 2.05) is 37.2 Å². The number of hydrogen-bond acceptors (Lipinski definition) is 4. The molecule has 2 aromatic carbocycles. The first-order chi connectivity index (χ1) is 13.0. The molecule has 142 valence electrons. The molecule has 5 heteroatoms. The van der Waals surface area contributed by atoms with E-state index in [0.29, 0.717) is 5.56 Å². The second kappa shape index (κ2) is 8.25. The molecule has 2 aromatic rings. The number of carbonyl (C=O) groups is 2. The van der Waals surface area contributed by atoms with Crippen molar-refractivity contribution in [2.75, 3.05) is 19.0 Å². The van der Waals surface area contributed by atoms with E-state index < -0.39 is 12.1 Å². The summed E-state index contributed by atoms with van der Waals surface area (Å²) in [5.41, 5.74) is 3.78. The zero-order valence-electron chi connectivity index (χ0n) is 16.1. The van der Waals surface area contributed by atoms with Gasteiger partial charge in [-0.2, -0.15) is 0 Å². The summed E-state index contributed by atoms with van der Waals surface area (Å²) in [6, 6.07) is 15.3. The lowest BCUT2D eigenvalue weighted by molar-refractivity contribution is -0.130. The standard InChI is InChI=1S/C22H26N2O3/c1-15(27-22(26)17-10-6-11-18(14-17)24(2)3)21(25)23-20-13-7-9-16-8-4-5-12-19(16)20/h4-6,8,10-12,14-15,20H,7,9,13H2,1-3H3,(H,23,25)/t15-,20+/m1/s1. The Bertz CT molecular complexity index is 832. The van der Waals surface area contributed by atoms with Gasteiger partial charge in [-0.05, 0) is 55.5 Å². The Hall–Kier alpha value is -2.82. The summed E-state index contributed by atoms with van der Waals surface area (Å²) in [6.45, 7) is 1.61. The van der Waals surface area contributed by atoms with Crippen molar-refractivity contribution >= 4 is 17.6 Å². The van der Waals surface area contributed by atoms with Gasteiger partial charge < -0.3 is 15.0 Å². The molecule has 0 spiro atoms. The average Bonchev–Trinajstić information content (AvgIpc) is 2.68. The second-order valence-electron chi connectivity index (χ2n) is 7.14. The minimum Gasteiger partial charge on any atom is -0.449 e. The van der Waals surface area contributed by atoms with Crippen molar-refractivity contribution in [2.24, 2.45) is 0 Å². The maximum absolute atomic E-state index is 12.6. The summed E-state index contributed by atoms with van der Waals surface area (Å²) in [6.07, 6.45) is 2.12. The highest BCUT2D eigenvalue weighted by Crippen LogP contribution is 2.29. The summed E-state index contributed by atoms with van der Waals surface area (Å²) in [5, 5.41) is 3.04. The zero-order chi connectivity index (χ0) is 19.4. The first kappa shape index (κ1) is 19.0. The number of nitrogens with zero attached hydrogens (tertiary/aromatic N) is 1. The molecule has 5 nitrogen and oxygen atoms in total. The first-order valence-corrected chi connectivity index (χ1v) is 9.32. The van der Waals surface area contributed by atoms with Gasteiger partial charge in [0, 0.05) is 19.8 Å². The fourth-order valence-corrected chi connectivity index (χ4v) is 3.39. The van der Waals surface area contributed by atoms with Gasteiger partial charge in [0.2, 0.25) is 0 Å². The molecule has 0 saturated heterocycles. The predicted octanol–water partition coefficient (Wildman–Crippen LogP) is 3.49. The molecular formula is C22H26N2O3. The molecule has 1 N–H and O–H groups in total. The van der Waals surface area contributed by atoms with Crippen LogP contribution in [0.3, 0.4) is 0 Å². The number of fused-ring (bicyclic) bond motifs is 1. The highest BCUT2D eigenvalue weighted by Gasteiger charge is 2.25. The van der Waals surface area contributed by atoms with E-state index in [9.17, 15) is 9.59 Å². The summed E-state index contributed by atoms with van der Waals surface area (Å²) in [5.74, 6) is -0.765. The number of nitrogens with one attached hydrogen (secondary N) is 1. The SMILES string of the molecule is C[C@@H](OC(=O)c1cccc(N(C)C)c1)C(=O)N[C@H]1CCCc2ccccc21. The van der Waals surface area contributed by atoms with E-state index in [2.05, 4.69) is 17.4 Å². The van der Waals surface area contributed by atoms with Gasteiger partial charge in [-0.3, -0.25) is 4.79 Å². The zero-order valence-corrected chi connectivity index (χ0v) is 16.1. The molecule has 27 heavy (non-hydrogen) atoms. The van der Waals surface area contributed by atoms with E-state index in [-0.39, 0.29) is 11.9 Å². The number of benzene rings is 2. The number of ether oxygens (including phenoxy) is 1. The Morgan fingerprint density at radius 2 is 1.93 bits per heavy atom. The van der Waals surface area contributed by atoms with Crippen molar-refractivity contribution in [3.63, 3.8) is 0 Å². The van der Waals surface area contributed by atoms with Gasteiger partial charge in [-0.25, -0.2) is 4.79 Å². The van der Waals surface area contributed by atoms with Crippen LogP contribution in [-0.2, 0) is 16.0 Å². The number of amides is 1. The molecule has 0 aliphatic heterocycles. The normalized spacial score (nSPS) is 16.8. The molecule has 3 rings (SSSR count). The number of esters is 1. The van der Waals surface area contributed by atoms with Crippen LogP contribution < -0.4 is 10.2 Å². The average molecular weight is 366 g/mol. The maximum atomic E-state index is 12.6. The molecule has 0 aromatic heterocycles. The fraction of sp³-hybridized carbons (Fsp3) is 0.364. The van der Waals surface area contributed by atoms with Crippen LogP contribution in [0, 0.1) is 0 Å². The molecule has 2 atom stereocenters. The van der Waals surface area contributed by atoms with E-state index in [0.717, 1.165) is 30.5 Å². The van der Waals surface area contributed by atoms with Crippen molar-refractivity contribution in [2.45, 2.75) is 38.3 Å². The number of aryl methyl sites for hydroxylation is 1. The van der Waals surface area contributed by atoms with Crippen LogP contribution in [-0.4, -0.2) is 32.1 Å². The maximum Gasteiger partial charge on any atom is 0.338 e. The summed E-state index contributed by atoms with van der Waals surface area (Å²) >= 11 is 0. The van der Waals surface area contributed by atoms with E-state index in [1.165, 1.54) is 5.56 Å². The molecule has 0 saturated carbocycles. The smallest absolute Gasteiger partial charge is 0.338 e. The Labute approximate surface area is 160 Å². The van der Waals surface area contributed by atoms with Crippen LogP contribution in [0.2, 0.25) is 0 Å². The van der Waals surface area contributed by atoms with Crippen LogP contribution >= 0.6 is 0 Å². The Balaban J connectivity index is 1.63. The van der Waals surface area contributed by atoms with Crippen LogP contribution in [0.4, 0.5) is 5.69 Å². The van der Waals surface area contributed by atoms with Gasteiger partial charge in [0.05, 0.1) is 11.6 Å². The van der Waals surface area contributed by atoms with Crippen LogP contribution in [0.25, 0.3) is 0 Å². The third-order valence-corrected chi connectivity index (χ3v) is 4.94. The molecular weight excluding hydrogens is 340 g/mol. The Morgan fingerprint density at radius 1 is 1.15 bits per heavy atom. The van der Waals surface area contributed by atoms with Crippen molar-refractivity contribution in [3.05, 3.63) is 65.2 Å². The van der Waals surface area contributed by atoms with Crippen molar-refractivity contribution < 1.29 is 14.3 Å². The second-order valence-corrected chi connectivity index (χ2v) is 7.14. The summed E-state index contributed by atoms with van der Waals surface area (Å²) < 4.78 is 5.39. The third-order valence-electron chi connectivity index (χ3n) is 4.94. The third kappa shape index (κ3) is 4.48. The predicted molar refractivity (Wildman–Crippen MR) is 106 cm³/mol. The minimum atomic E-state index is -0.852. The van der Waals surface area contributed by atoms with Crippen molar-refractivity contribution in [1.29, 1.82) is 0 Å². The van der Waals surface area contributed by atoms with Gasteiger partial charge in [0.15, 0.2) is 6.10 Å². The topological polar surface area (TPSA) is 58.6 Å². The summed E-state index contributed by atoms with van der Waals surface area (Å²) in [4.78, 5) is 26.9. The molecule has 0 heterocycles. The molecule has 1 aliphatic rings. The highest BCUT2D eigenvalue weighted by molar-refractivity contribution is 5.93. The molecule has 0 fully saturated rings. The minimum absolute atomic E-state index is 0.0272. The monoisotopic (exact) mass is 366 g/mol. The van der Waals surface area contributed by atoms with Gasteiger partial charge in [0.25, 0.3) is 5.91 Å². The van der Waals surface area contributed by atoms with Gasteiger partial charge in [-0.15, -0.1) is 0 Å². The van der Waals surface area contributed by atoms with Crippen LogP contribution in [0.5, 0.6) is 0 Å². The van der Waals surface area contributed by atoms with E-state index in [1.54, 1.807) is 25.1 Å². The van der Waals surface area contributed by atoms with Crippen molar-refractivity contribution in [1.82, 2.24) is 5.32 Å². The molecule has 0 unspecified atom stereocenters. The molecule has 0 bridgehead atoms. The Morgan fingerprint density at radius 3 is 2.70 bits per heavy atom. The molecule has 1 amide bonds. The number of hydrogen-bond donors (Lipinski definition) is 1. The van der Waals surface area contributed by atoms with Gasteiger partial charge in [-0.1, -0.05) is 30.3 Å². The lowest BCUT2D eigenvalue weighted by atomic mass is 9.87. The molecule has 1 aliphatic carbocycles. The van der Waals surface area contributed by atoms with Gasteiger partial charge in [0.1, 0.15) is 0 Å². The summed E-state index contributed by atoms with van der Waals surface area (Å²) in [7, 11) is 3.81. The quantitative estimate of drug-likeness (QED) is 0.823. The number of anilines is 1. The fourth-order valence-electron chi connectivity index (χ4n) is 3.39. The van der Waals surface area contributed by atoms with E-state index in [4.69, 9.17) is 4.74 Å². The number of carbonyl (C=O) groups excluding carboxylic acids is 2. The largest absolute Gasteiger partial charge is 0.449 e. The first-order valence-electron chi connectivity index (χ1n) is 9.32. The highest BCUT2D eigenvalue weighted by atomic mass is 16.5. The van der Waals surface area contributed by atoms with Crippen LogP contribution in [0.1, 0.15) is 47.3 Å². The lowest BCUT2D eigenvalue weighted by Gasteiger charge is -2.27. The van der Waals surface area contributed by atoms with E-state index >= 15 is 0 Å². The molecule has 0 radical (unpaired) electrons. The van der Waals surface area contributed by atoms with Gasteiger partial charge >= 0.3 is 5.97 Å². The number of rotatable bonds is 5.